The predicted octanol–water partition coefficient (Wildman–Crippen LogP) is 2.91. The number of carbonyl (C=O) groups is 1. The minimum atomic E-state index is 0.136. The van der Waals surface area contributed by atoms with Crippen LogP contribution in [0.25, 0.3) is 0 Å². The molecule has 0 N–H and O–H groups in total. The number of likely N-dealkylation sites (tertiary alicyclic amines) is 1. The van der Waals surface area contributed by atoms with Crippen LogP contribution in [0.5, 0.6) is 5.75 Å². The molecule has 0 saturated carbocycles. The number of piperidine rings is 1. The summed E-state index contributed by atoms with van der Waals surface area (Å²) < 4.78 is 7.65. The summed E-state index contributed by atoms with van der Waals surface area (Å²) in [7, 11) is 0. The fourth-order valence-electron chi connectivity index (χ4n) is 3.83. The minimum absolute atomic E-state index is 0.136. The number of hydrogen-bond donors (Lipinski definition) is 0. The highest BCUT2D eigenvalue weighted by molar-refractivity contribution is 5.94. The lowest BCUT2D eigenvalue weighted by Crippen LogP contribution is -2.39. The number of ether oxygens (including phenoxy) is 1. The standard InChI is InChI=1S/C19H23N3O2/c1-13-11-14(2)22(20-13)17-5-8-21(9-6-17)19(23)16-3-4-18-15(12-16)7-10-24-18/h3-4,11-12,17H,5-10H2,1-2H3. The highest BCUT2D eigenvalue weighted by atomic mass is 16.5. The van der Waals surface area contributed by atoms with Gasteiger partial charge in [0.2, 0.25) is 0 Å². The lowest BCUT2D eigenvalue weighted by molar-refractivity contribution is 0.0689. The van der Waals surface area contributed by atoms with Gasteiger partial charge in [-0.05, 0) is 56.5 Å². The van der Waals surface area contributed by atoms with Crippen LogP contribution in [0, 0.1) is 13.8 Å². The molecule has 2 aliphatic rings. The van der Waals surface area contributed by atoms with Gasteiger partial charge in [-0.25, -0.2) is 0 Å². The van der Waals surface area contributed by atoms with Crippen LogP contribution >= 0.6 is 0 Å². The molecule has 24 heavy (non-hydrogen) atoms. The number of rotatable bonds is 2. The number of aryl methyl sites for hydroxylation is 2. The molecular formula is C19H23N3O2. The molecule has 126 valence electrons. The SMILES string of the molecule is Cc1cc(C)n(C2CCN(C(=O)c3ccc4c(c3)CCO4)CC2)n1. The van der Waals surface area contributed by atoms with Crippen molar-refractivity contribution in [1.82, 2.24) is 14.7 Å². The zero-order chi connectivity index (χ0) is 16.7. The van der Waals surface area contributed by atoms with Crippen LogP contribution in [0.15, 0.2) is 24.3 Å². The van der Waals surface area contributed by atoms with Gasteiger partial charge in [0.15, 0.2) is 0 Å². The largest absolute Gasteiger partial charge is 0.493 e. The lowest BCUT2D eigenvalue weighted by Gasteiger charge is -2.32. The molecule has 2 aliphatic heterocycles. The highest BCUT2D eigenvalue weighted by Gasteiger charge is 2.26. The zero-order valence-corrected chi connectivity index (χ0v) is 14.3. The maximum absolute atomic E-state index is 12.8. The van der Waals surface area contributed by atoms with Crippen molar-refractivity contribution in [2.75, 3.05) is 19.7 Å². The number of nitrogens with zero attached hydrogens (tertiary/aromatic N) is 3. The Kier molecular flexibility index (Phi) is 3.79. The third-order valence-electron chi connectivity index (χ3n) is 5.08. The molecule has 1 aromatic heterocycles. The van der Waals surface area contributed by atoms with Crippen LogP contribution in [-0.4, -0.2) is 40.3 Å². The van der Waals surface area contributed by atoms with Gasteiger partial charge in [0.25, 0.3) is 5.91 Å². The van der Waals surface area contributed by atoms with Gasteiger partial charge in [0, 0.05) is 30.8 Å². The van der Waals surface area contributed by atoms with E-state index in [1.807, 2.05) is 30.0 Å². The van der Waals surface area contributed by atoms with Crippen molar-refractivity contribution in [3.05, 3.63) is 46.8 Å². The Balaban J connectivity index is 1.44. The number of fused-ring (bicyclic) bond motifs is 1. The molecule has 5 heteroatoms. The first-order chi connectivity index (χ1) is 11.6. The van der Waals surface area contributed by atoms with Crippen molar-refractivity contribution in [2.45, 2.75) is 39.2 Å². The van der Waals surface area contributed by atoms with E-state index in [9.17, 15) is 4.79 Å². The molecule has 2 aromatic rings. The van der Waals surface area contributed by atoms with E-state index in [4.69, 9.17) is 4.74 Å². The predicted molar refractivity (Wildman–Crippen MR) is 91.5 cm³/mol. The van der Waals surface area contributed by atoms with Gasteiger partial charge in [-0.1, -0.05) is 0 Å². The van der Waals surface area contributed by atoms with Gasteiger partial charge < -0.3 is 9.64 Å². The van der Waals surface area contributed by atoms with Gasteiger partial charge in [-0.3, -0.25) is 9.48 Å². The number of benzene rings is 1. The third-order valence-corrected chi connectivity index (χ3v) is 5.08. The van der Waals surface area contributed by atoms with Crippen LogP contribution in [0.4, 0.5) is 0 Å². The highest BCUT2D eigenvalue weighted by Crippen LogP contribution is 2.28. The van der Waals surface area contributed by atoms with E-state index in [1.54, 1.807) is 0 Å². The smallest absolute Gasteiger partial charge is 0.253 e. The zero-order valence-electron chi connectivity index (χ0n) is 14.3. The Morgan fingerprint density at radius 3 is 2.71 bits per heavy atom. The summed E-state index contributed by atoms with van der Waals surface area (Å²) in [4.78, 5) is 14.7. The Labute approximate surface area is 142 Å². The molecule has 0 atom stereocenters. The van der Waals surface area contributed by atoms with E-state index in [1.165, 1.54) is 5.69 Å². The van der Waals surface area contributed by atoms with Gasteiger partial charge in [0.1, 0.15) is 5.75 Å². The van der Waals surface area contributed by atoms with E-state index in [2.05, 4.69) is 22.8 Å². The van der Waals surface area contributed by atoms with Crippen LogP contribution in [0.1, 0.15) is 46.2 Å². The average molecular weight is 325 g/mol. The van der Waals surface area contributed by atoms with E-state index < -0.39 is 0 Å². The number of hydrogen-bond acceptors (Lipinski definition) is 3. The lowest BCUT2D eigenvalue weighted by atomic mass is 10.0. The normalized spacial score (nSPS) is 17.7. The number of amides is 1. The van der Waals surface area contributed by atoms with E-state index in [0.29, 0.717) is 6.04 Å². The molecule has 4 rings (SSSR count). The summed E-state index contributed by atoms with van der Waals surface area (Å²) >= 11 is 0. The molecule has 0 aliphatic carbocycles. The maximum atomic E-state index is 12.8. The summed E-state index contributed by atoms with van der Waals surface area (Å²) in [6.45, 7) is 6.43. The van der Waals surface area contributed by atoms with Crippen molar-refractivity contribution < 1.29 is 9.53 Å². The fraction of sp³-hybridized carbons (Fsp3) is 0.474. The Hall–Kier alpha value is -2.30. The summed E-state index contributed by atoms with van der Waals surface area (Å²) in [6.07, 6.45) is 2.82. The summed E-state index contributed by atoms with van der Waals surface area (Å²) in [5.41, 5.74) is 4.20. The molecule has 5 nitrogen and oxygen atoms in total. The van der Waals surface area contributed by atoms with Crippen molar-refractivity contribution in [3.63, 3.8) is 0 Å². The van der Waals surface area contributed by atoms with Gasteiger partial charge in [-0.15, -0.1) is 0 Å². The topological polar surface area (TPSA) is 47.4 Å². The van der Waals surface area contributed by atoms with Crippen molar-refractivity contribution in [1.29, 1.82) is 0 Å². The Morgan fingerprint density at radius 2 is 2.00 bits per heavy atom. The maximum Gasteiger partial charge on any atom is 0.253 e. The molecule has 3 heterocycles. The quantitative estimate of drug-likeness (QED) is 0.853. The average Bonchev–Trinajstić information content (AvgIpc) is 3.19. The first-order valence-corrected chi connectivity index (χ1v) is 8.69. The second kappa shape index (κ2) is 5.96. The van der Waals surface area contributed by atoms with Gasteiger partial charge in [-0.2, -0.15) is 5.10 Å². The second-order valence-electron chi connectivity index (χ2n) is 6.82. The van der Waals surface area contributed by atoms with Crippen molar-refractivity contribution in [2.24, 2.45) is 0 Å². The van der Waals surface area contributed by atoms with E-state index >= 15 is 0 Å². The van der Waals surface area contributed by atoms with E-state index in [-0.39, 0.29) is 5.91 Å². The molecular weight excluding hydrogens is 302 g/mol. The van der Waals surface area contributed by atoms with E-state index in [0.717, 1.165) is 61.5 Å². The molecule has 0 unspecified atom stereocenters. The first-order valence-electron chi connectivity index (χ1n) is 8.69. The minimum Gasteiger partial charge on any atom is -0.493 e. The summed E-state index contributed by atoms with van der Waals surface area (Å²) in [6, 6.07) is 8.33. The fourth-order valence-corrected chi connectivity index (χ4v) is 3.83. The summed E-state index contributed by atoms with van der Waals surface area (Å²) in [5.74, 6) is 1.06. The molecule has 1 fully saturated rings. The van der Waals surface area contributed by atoms with Crippen LogP contribution in [-0.2, 0) is 6.42 Å². The molecule has 0 spiro atoms. The molecule has 0 bridgehead atoms. The summed E-state index contributed by atoms with van der Waals surface area (Å²) in [5, 5.41) is 4.60. The van der Waals surface area contributed by atoms with Crippen LogP contribution in [0.3, 0.4) is 0 Å². The van der Waals surface area contributed by atoms with Crippen LogP contribution < -0.4 is 4.74 Å². The first kappa shape index (κ1) is 15.2. The molecule has 1 aromatic carbocycles. The van der Waals surface area contributed by atoms with Crippen LogP contribution in [0.2, 0.25) is 0 Å². The second-order valence-corrected chi connectivity index (χ2v) is 6.82. The molecule has 1 saturated heterocycles. The van der Waals surface area contributed by atoms with Crippen molar-refractivity contribution >= 4 is 5.91 Å². The Morgan fingerprint density at radius 1 is 1.21 bits per heavy atom. The van der Waals surface area contributed by atoms with Gasteiger partial charge in [0.05, 0.1) is 18.3 Å². The molecule has 0 radical (unpaired) electrons. The third kappa shape index (κ3) is 2.68. The van der Waals surface area contributed by atoms with Gasteiger partial charge >= 0.3 is 0 Å². The number of carbonyl (C=O) groups excluding carboxylic acids is 1. The monoisotopic (exact) mass is 325 g/mol. The molecule has 1 amide bonds. The number of aromatic nitrogens is 2. The Bertz CT molecular complexity index is 773. The van der Waals surface area contributed by atoms with Crippen molar-refractivity contribution in [3.8, 4) is 5.75 Å².